The third kappa shape index (κ3) is 3.08. The molecule has 0 aliphatic carbocycles. The number of hydrogen-bond donors (Lipinski definition) is 0. The number of carbonyl (C=O) groups is 1. The van der Waals surface area contributed by atoms with Crippen LogP contribution in [0.5, 0.6) is 0 Å². The maximum atomic E-state index is 11.4. The van der Waals surface area contributed by atoms with Crippen molar-refractivity contribution in [1.82, 2.24) is 4.98 Å². The van der Waals surface area contributed by atoms with E-state index in [1.54, 1.807) is 24.4 Å². The van der Waals surface area contributed by atoms with Crippen molar-refractivity contribution in [2.45, 2.75) is 19.3 Å². The summed E-state index contributed by atoms with van der Waals surface area (Å²) in [7, 11) is 0. The molecule has 0 saturated carbocycles. The predicted octanol–water partition coefficient (Wildman–Crippen LogP) is 2.07. The molecule has 2 nitrogen and oxygen atoms in total. The van der Waals surface area contributed by atoms with E-state index >= 15 is 0 Å². The number of carbonyl (C=O) groups excluding carboxylic acids is 1. The highest BCUT2D eigenvalue weighted by atomic mass is 16.1. The first kappa shape index (κ1) is 9.47. The number of nitrogens with zero attached hydrogens (tertiary/aromatic N) is 1. The quantitative estimate of drug-likeness (QED) is 0.396. The average Bonchev–Trinajstić information content (AvgIpc) is 2.19. The molecule has 66 valence electrons. The molecule has 1 heterocycles. The van der Waals surface area contributed by atoms with Gasteiger partial charge in [-0.2, -0.15) is 0 Å². The smallest absolute Gasteiger partial charge is 0.181 e. The fourth-order valence-electron chi connectivity index (χ4n) is 1.01. The molecular weight excluding hydrogens is 162 g/mol. The zero-order chi connectivity index (χ0) is 9.52. The van der Waals surface area contributed by atoms with Crippen molar-refractivity contribution in [1.29, 1.82) is 0 Å². The molecule has 1 aromatic heterocycles. The van der Waals surface area contributed by atoms with Gasteiger partial charge in [-0.15, -0.1) is 12.3 Å². The van der Waals surface area contributed by atoms with E-state index in [0.29, 0.717) is 18.5 Å². The number of terminal acetylenes is 1. The van der Waals surface area contributed by atoms with Gasteiger partial charge in [0.1, 0.15) is 5.69 Å². The summed E-state index contributed by atoms with van der Waals surface area (Å²) in [5.41, 5.74) is 0.527. The highest BCUT2D eigenvalue weighted by molar-refractivity contribution is 5.94. The lowest BCUT2D eigenvalue weighted by Gasteiger charge is -1.96. The standard InChI is InChI=1S/C11H11NO/c1-2-3-4-8-11(13)10-7-5-6-9-12-10/h1,5-7,9H,3-4,8H2. The molecule has 0 radical (unpaired) electrons. The second-order valence-corrected chi connectivity index (χ2v) is 2.70. The van der Waals surface area contributed by atoms with Gasteiger partial charge >= 0.3 is 0 Å². The van der Waals surface area contributed by atoms with E-state index in [2.05, 4.69) is 10.9 Å². The number of rotatable bonds is 4. The second-order valence-electron chi connectivity index (χ2n) is 2.70. The summed E-state index contributed by atoms with van der Waals surface area (Å²) in [6.07, 6.45) is 8.58. The van der Waals surface area contributed by atoms with Crippen LogP contribution in [0.25, 0.3) is 0 Å². The summed E-state index contributed by atoms with van der Waals surface area (Å²) in [4.78, 5) is 15.3. The minimum Gasteiger partial charge on any atom is -0.292 e. The molecule has 0 spiro atoms. The molecule has 1 aromatic rings. The molecule has 0 N–H and O–H groups in total. The summed E-state index contributed by atoms with van der Waals surface area (Å²) in [6, 6.07) is 5.32. The van der Waals surface area contributed by atoms with Gasteiger partial charge in [0, 0.05) is 19.0 Å². The zero-order valence-electron chi connectivity index (χ0n) is 7.36. The van der Waals surface area contributed by atoms with Crippen LogP contribution >= 0.6 is 0 Å². The first-order valence-corrected chi connectivity index (χ1v) is 4.22. The third-order valence-electron chi connectivity index (χ3n) is 1.68. The van der Waals surface area contributed by atoms with Crippen LogP contribution in [-0.2, 0) is 0 Å². The number of unbranched alkanes of at least 4 members (excludes halogenated alkanes) is 1. The Kier molecular flexibility index (Phi) is 3.72. The van der Waals surface area contributed by atoms with Crippen molar-refractivity contribution in [3.05, 3.63) is 30.1 Å². The van der Waals surface area contributed by atoms with Gasteiger partial charge in [-0.3, -0.25) is 9.78 Å². The summed E-state index contributed by atoms with van der Waals surface area (Å²) in [6.45, 7) is 0. The van der Waals surface area contributed by atoms with Crippen LogP contribution in [0.1, 0.15) is 29.8 Å². The fourth-order valence-corrected chi connectivity index (χ4v) is 1.01. The molecule has 0 aromatic carbocycles. The summed E-state index contributed by atoms with van der Waals surface area (Å²) >= 11 is 0. The number of ketones is 1. The average molecular weight is 173 g/mol. The van der Waals surface area contributed by atoms with Gasteiger partial charge in [0.05, 0.1) is 0 Å². The Balaban J connectivity index is 2.46. The summed E-state index contributed by atoms with van der Waals surface area (Å²) in [5.74, 6) is 2.57. The Hall–Kier alpha value is -1.62. The minimum atomic E-state index is 0.0656. The molecule has 0 atom stereocenters. The number of hydrogen-bond acceptors (Lipinski definition) is 2. The molecule has 0 saturated heterocycles. The van der Waals surface area contributed by atoms with Crippen molar-refractivity contribution in [3.8, 4) is 12.3 Å². The molecule has 0 unspecified atom stereocenters. The van der Waals surface area contributed by atoms with Crippen molar-refractivity contribution in [3.63, 3.8) is 0 Å². The number of aromatic nitrogens is 1. The Morgan fingerprint density at radius 2 is 2.38 bits per heavy atom. The Bertz CT molecular complexity index is 311. The zero-order valence-corrected chi connectivity index (χ0v) is 7.36. The number of pyridine rings is 1. The lowest BCUT2D eigenvalue weighted by molar-refractivity contribution is 0.0976. The van der Waals surface area contributed by atoms with E-state index in [4.69, 9.17) is 6.42 Å². The van der Waals surface area contributed by atoms with E-state index in [9.17, 15) is 4.79 Å². The van der Waals surface area contributed by atoms with Gasteiger partial charge in [0.2, 0.25) is 0 Å². The fraction of sp³-hybridized carbons (Fsp3) is 0.273. The van der Waals surface area contributed by atoms with Gasteiger partial charge in [-0.1, -0.05) is 6.07 Å². The Morgan fingerprint density at radius 3 is 3.00 bits per heavy atom. The van der Waals surface area contributed by atoms with Crippen molar-refractivity contribution >= 4 is 5.78 Å². The normalized spacial score (nSPS) is 9.15. The van der Waals surface area contributed by atoms with E-state index in [1.807, 2.05) is 0 Å². The molecule has 1 rings (SSSR count). The molecule has 2 heteroatoms. The van der Waals surface area contributed by atoms with Gasteiger partial charge in [0.25, 0.3) is 0 Å². The van der Waals surface area contributed by atoms with Crippen molar-refractivity contribution in [2.24, 2.45) is 0 Å². The van der Waals surface area contributed by atoms with E-state index < -0.39 is 0 Å². The summed E-state index contributed by atoms with van der Waals surface area (Å²) < 4.78 is 0. The highest BCUT2D eigenvalue weighted by Gasteiger charge is 2.04. The molecule has 0 amide bonds. The van der Waals surface area contributed by atoms with Crippen LogP contribution in [0.4, 0.5) is 0 Å². The lowest BCUT2D eigenvalue weighted by Crippen LogP contribution is -2.00. The molecule has 13 heavy (non-hydrogen) atoms. The maximum Gasteiger partial charge on any atom is 0.181 e. The van der Waals surface area contributed by atoms with E-state index in [-0.39, 0.29) is 5.78 Å². The summed E-state index contributed by atoms with van der Waals surface area (Å²) in [5, 5.41) is 0. The van der Waals surface area contributed by atoms with Crippen LogP contribution in [0.3, 0.4) is 0 Å². The van der Waals surface area contributed by atoms with Crippen LogP contribution in [0.2, 0.25) is 0 Å². The Morgan fingerprint density at radius 1 is 1.54 bits per heavy atom. The van der Waals surface area contributed by atoms with Gasteiger partial charge < -0.3 is 0 Å². The van der Waals surface area contributed by atoms with Crippen molar-refractivity contribution < 1.29 is 4.79 Å². The monoisotopic (exact) mass is 173 g/mol. The molecule has 0 aliphatic rings. The largest absolute Gasteiger partial charge is 0.292 e. The first-order valence-electron chi connectivity index (χ1n) is 4.22. The van der Waals surface area contributed by atoms with Gasteiger partial charge in [-0.05, 0) is 18.6 Å². The third-order valence-corrected chi connectivity index (χ3v) is 1.68. The highest BCUT2D eigenvalue weighted by Crippen LogP contribution is 2.03. The van der Waals surface area contributed by atoms with Gasteiger partial charge in [-0.25, -0.2) is 0 Å². The van der Waals surface area contributed by atoms with Crippen LogP contribution in [0, 0.1) is 12.3 Å². The van der Waals surface area contributed by atoms with Crippen molar-refractivity contribution in [2.75, 3.05) is 0 Å². The molecule has 0 fully saturated rings. The SMILES string of the molecule is C#CCCCC(=O)c1ccccn1. The molecular formula is C11H11NO. The molecule has 0 bridgehead atoms. The second kappa shape index (κ2) is 5.10. The van der Waals surface area contributed by atoms with Crippen LogP contribution in [0.15, 0.2) is 24.4 Å². The van der Waals surface area contributed by atoms with Gasteiger partial charge in [0.15, 0.2) is 5.78 Å². The maximum absolute atomic E-state index is 11.4. The van der Waals surface area contributed by atoms with Crippen LogP contribution in [-0.4, -0.2) is 10.8 Å². The Labute approximate surface area is 78.0 Å². The minimum absolute atomic E-state index is 0.0656. The van der Waals surface area contributed by atoms with E-state index in [1.165, 1.54) is 0 Å². The first-order chi connectivity index (χ1) is 6.34. The number of Topliss-reactive ketones (excluding diaryl/α,β-unsaturated/α-hetero) is 1. The lowest BCUT2D eigenvalue weighted by atomic mass is 10.1. The van der Waals surface area contributed by atoms with E-state index in [0.717, 1.165) is 6.42 Å². The van der Waals surface area contributed by atoms with Crippen LogP contribution < -0.4 is 0 Å². The topological polar surface area (TPSA) is 30.0 Å². The predicted molar refractivity (Wildman–Crippen MR) is 51.3 cm³/mol. The molecule has 0 aliphatic heterocycles.